The van der Waals surface area contributed by atoms with Crippen molar-refractivity contribution in [2.75, 3.05) is 13.2 Å². The molecule has 0 aromatic heterocycles. The van der Waals surface area contributed by atoms with Crippen molar-refractivity contribution in [3.8, 4) is 11.5 Å². The molecule has 0 aliphatic heterocycles. The highest BCUT2D eigenvalue weighted by Crippen LogP contribution is 2.29. The molecule has 2 aromatic rings. The van der Waals surface area contributed by atoms with Gasteiger partial charge in [0.2, 0.25) is 0 Å². The molecule has 7 heteroatoms. The van der Waals surface area contributed by atoms with Gasteiger partial charge in [-0.3, -0.25) is 4.79 Å². The topological polar surface area (TPSA) is 99.1 Å². The fourth-order valence-corrected chi connectivity index (χ4v) is 2.23. The molecule has 27 heavy (non-hydrogen) atoms. The molecule has 0 spiro atoms. The van der Waals surface area contributed by atoms with Crippen LogP contribution in [0.5, 0.6) is 11.5 Å². The van der Waals surface area contributed by atoms with E-state index in [1.165, 1.54) is 25.1 Å². The van der Waals surface area contributed by atoms with Crippen LogP contribution in [-0.2, 0) is 14.3 Å². The zero-order chi connectivity index (χ0) is 19.8. The summed E-state index contributed by atoms with van der Waals surface area (Å²) in [6, 6.07) is 12.5. The van der Waals surface area contributed by atoms with Crippen molar-refractivity contribution in [2.24, 2.45) is 0 Å². The maximum absolute atomic E-state index is 12.4. The Kier molecular flexibility index (Phi) is 6.93. The first kappa shape index (κ1) is 20.0. The average molecular weight is 372 g/mol. The zero-order valence-corrected chi connectivity index (χ0v) is 15.0. The summed E-state index contributed by atoms with van der Waals surface area (Å²) in [5, 5.41) is 10.0. The molecule has 0 saturated heterocycles. The van der Waals surface area contributed by atoms with E-state index >= 15 is 0 Å². The number of hydrogen-bond acceptors (Lipinski definition) is 7. The van der Waals surface area contributed by atoms with Crippen molar-refractivity contribution in [2.45, 2.75) is 20.0 Å². The van der Waals surface area contributed by atoms with E-state index in [0.29, 0.717) is 5.56 Å². The number of benzene rings is 2. The first-order chi connectivity index (χ1) is 12.9. The second-order valence-electron chi connectivity index (χ2n) is 5.53. The number of hydrogen-bond donors (Lipinski definition) is 1. The van der Waals surface area contributed by atoms with Crippen LogP contribution in [0, 0.1) is 0 Å². The number of ether oxygens (including phenoxy) is 3. The first-order valence-corrected chi connectivity index (χ1v) is 8.34. The van der Waals surface area contributed by atoms with Crippen molar-refractivity contribution in [1.82, 2.24) is 0 Å². The van der Waals surface area contributed by atoms with Gasteiger partial charge >= 0.3 is 11.9 Å². The Bertz CT molecular complexity index is 814. The number of phenols is 1. The van der Waals surface area contributed by atoms with Crippen molar-refractivity contribution >= 4 is 17.7 Å². The lowest BCUT2D eigenvalue weighted by Gasteiger charge is -2.16. The normalized spacial score (nSPS) is 11.3. The number of aromatic hydroxyl groups is 1. The third kappa shape index (κ3) is 5.31. The highest BCUT2D eigenvalue weighted by Gasteiger charge is 2.24. The summed E-state index contributed by atoms with van der Waals surface area (Å²) in [6.45, 7) is 2.80. The van der Waals surface area contributed by atoms with E-state index < -0.39 is 24.6 Å². The smallest absolute Gasteiger partial charge is 0.347 e. The standard InChI is InChI=1S/C20H20O7/c1-3-25-19(23)13(2)27-17-11-7-10-15(21)18(17)20(24)26-12-16(22)14-8-5-4-6-9-14/h4-11,13,21H,3,12H2,1-2H3. The van der Waals surface area contributed by atoms with Crippen LogP contribution in [0.4, 0.5) is 0 Å². The van der Waals surface area contributed by atoms with E-state index in [2.05, 4.69) is 0 Å². The molecule has 142 valence electrons. The van der Waals surface area contributed by atoms with E-state index in [9.17, 15) is 19.5 Å². The first-order valence-electron chi connectivity index (χ1n) is 8.34. The summed E-state index contributed by atoms with van der Waals surface area (Å²) in [5.74, 6) is -2.38. The molecule has 0 fully saturated rings. The molecule has 1 N–H and O–H groups in total. The summed E-state index contributed by atoms with van der Waals surface area (Å²) >= 11 is 0. The van der Waals surface area contributed by atoms with E-state index in [-0.39, 0.29) is 29.5 Å². The van der Waals surface area contributed by atoms with E-state index in [1.54, 1.807) is 37.3 Å². The number of rotatable bonds is 8. The molecule has 0 saturated carbocycles. The number of carbonyl (C=O) groups excluding carboxylic acids is 3. The summed E-state index contributed by atoms with van der Waals surface area (Å²) in [4.78, 5) is 36.1. The average Bonchev–Trinajstić information content (AvgIpc) is 2.66. The minimum atomic E-state index is -0.996. The van der Waals surface area contributed by atoms with Crippen molar-refractivity contribution in [1.29, 1.82) is 0 Å². The van der Waals surface area contributed by atoms with Gasteiger partial charge in [0.1, 0.15) is 17.1 Å². The van der Waals surface area contributed by atoms with E-state index in [4.69, 9.17) is 14.2 Å². The molecular weight excluding hydrogens is 352 g/mol. The van der Waals surface area contributed by atoms with Crippen LogP contribution in [0.2, 0.25) is 0 Å². The lowest BCUT2D eigenvalue weighted by molar-refractivity contribution is -0.150. The maximum Gasteiger partial charge on any atom is 0.347 e. The molecule has 0 heterocycles. The molecule has 1 unspecified atom stereocenters. The lowest BCUT2D eigenvalue weighted by atomic mass is 10.1. The van der Waals surface area contributed by atoms with Gasteiger partial charge in [0, 0.05) is 5.56 Å². The van der Waals surface area contributed by atoms with Crippen LogP contribution < -0.4 is 4.74 Å². The van der Waals surface area contributed by atoms with Gasteiger partial charge in [0.15, 0.2) is 18.5 Å². The quantitative estimate of drug-likeness (QED) is 0.562. The zero-order valence-electron chi connectivity index (χ0n) is 15.0. The van der Waals surface area contributed by atoms with Gasteiger partial charge in [-0.05, 0) is 26.0 Å². The van der Waals surface area contributed by atoms with Crippen LogP contribution >= 0.6 is 0 Å². The van der Waals surface area contributed by atoms with Gasteiger partial charge in [-0.1, -0.05) is 36.4 Å². The highest BCUT2D eigenvalue weighted by molar-refractivity contribution is 6.00. The Morgan fingerprint density at radius 1 is 1.00 bits per heavy atom. The fraction of sp³-hybridized carbons (Fsp3) is 0.250. The predicted molar refractivity (Wildman–Crippen MR) is 95.9 cm³/mol. The Balaban J connectivity index is 2.11. The highest BCUT2D eigenvalue weighted by atomic mass is 16.6. The fourth-order valence-electron chi connectivity index (χ4n) is 2.23. The largest absolute Gasteiger partial charge is 0.507 e. The van der Waals surface area contributed by atoms with Gasteiger partial charge in [-0.15, -0.1) is 0 Å². The monoisotopic (exact) mass is 372 g/mol. The third-order valence-corrected chi connectivity index (χ3v) is 3.56. The molecule has 0 amide bonds. The number of ketones is 1. The van der Waals surface area contributed by atoms with Crippen LogP contribution in [0.3, 0.4) is 0 Å². The number of phenolic OH excluding ortho intramolecular Hbond substituents is 1. The molecule has 0 aliphatic carbocycles. The Morgan fingerprint density at radius 2 is 1.70 bits per heavy atom. The predicted octanol–water partition coefficient (Wildman–Crippen LogP) is 2.76. The van der Waals surface area contributed by atoms with Crippen molar-refractivity contribution in [3.05, 3.63) is 59.7 Å². The molecule has 0 aliphatic rings. The van der Waals surface area contributed by atoms with E-state index in [0.717, 1.165) is 0 Å². The Hall–Kier alpha value is -3.35. The van der Waals surface area contributed by atoms with Gasteiger partial charge in [0.05, 0.1) is 6.61 Å². The molecule has 7 nitrogen and oxygen atoms in total. The van der Waals surface area contributed by atoms with Gasteiger partial charge in [-0.25, -0.2) is 9.59 Å². The molecule has 0 bridgehead atoms. The molecule has 2 rings (SSSR count). The van der Waals surface area contributed by atoms with Gasteiger partial charge in [0.25, 0.3) is 0 Å². The van der Waals surface area contributed by atoms with Gasteiger partial charge < -0.3 is 19.3 Å². The molecular formula is C20H20O7. The van der Waals surface area contributed by atoms with Gasteiger partial charge in [-0.2, -0.15) is 0 Å². The van der Waals surface area contributed by atoms with Crippen LogP contribution in [0.15, 0.2) is 48.5 Å². The van der Waals surface area contributed by atoms with Crippen molar-refractivity contribution < 1.29 is 33.7 Å². The maximum atomic E-state index is 12.4. The lowest BCUT2D eigenvalue weighted by Crippen LogP contribution is -2.27. The van der Waals surface area contributed by atoms with Crippen LogP contribution in [0.1, 0.15) is 34.6 Å². The SMILES string of the molecule is CCOC(=O)C(C)Oc1cccc(O)c1C(=O)OCC(=O)c1ccccc1. The van der Waals surface area contributed by atoms with E-state index in [1.807, 2.05) is 0 Å². The molecule has 2 aromatic carbocycles. The summed E-state index contributed by atoms with van der Waals surface area (Å²) in [6.07, 6.45) is -0.996. The van der Waals surface area contributed by atoms with Crippen molar-refractivity contribution in [3.63, 3.8) is 0 Å². The molecule has 1 atom stereocenters. The number of Topliss-reactive ketones (excluding diaryl/α,β-unsaturated/α-hetero) is 1. The minimum Gasteiger partial charge on any atom is -0.507 e. The number of esters is 2. The third-order valence-electron chi connectivity index (χ3n) is 3.56. The summed E-state index contributed by atoms with van der Waals surface area (Å²) in [7, 11) is 0. The number of carbonyl (C=O) groups is 3. The minimum absolute atomic E-state index is 0.0484. The molecule has 0 radical (unpaired) electrons. The second-order valence-corrected chi connectivity index (χ2v) is 5.53. The Labute approximate surface area is 156 Å². The van der Waals surface area contributed by atoms with Crippen LogP contribution in [0.25, 0.3) is 0 Å². The second kappa shape index (κ2) is 9.38. The summed E-state index contributed by atoms with van der Waals surface area (Å²) in [5.41, 5.74) is 0.129. The summed E-state index contributed by atoms with van der Waals surface area (Å²) < 4.78 is 15.3. The Morgan fingerprint density at radius 3 is 2.37 bits per heavy atom. The van der Waals surface area contributed by atoms with Crippen LogP contribution in [-0.4, -0.2) is 42.1 Å².